The summed E-state index contributed by atoms with van der Waals surface area (Å²) in [6, 6.07) is 13.9. The van der Waals surface area contributed by atoms with Crippen molar-refractivity contribution in [3.63, 3.8) is 0 Å². The van der Waals surface area contributed by atoms with E-state index in [-0.39, 0.29) is 0 Å². The Morgan fingerprint density at radius 3 is 2.71 bits per heavy atom. The van der Waals surface area contributed by atoms with Crippen LogP contribution in [0.25, 0.3) is 10.4 Å². The van der Waals surface area contributed by atoms with Crippen LogP contribution in [0.2, 0.25) is 0 Å². The molecule has 0 aliphatic heterocycles. The molecule has 0 amide bonds. The Morgan fingerprint density at radius 2 is 2.00 bits per heavy atom. The van der Waals surface area contributed by atoms with Gasteiger partial charge >= 0.3 is 0 Å². The predicted octanol–water partition coefficient (Wildman–Crippen LogP) is 3.98. The van der Waals surface area contributed by atoms with Gasteiger partial charge in [0.25, 0.3) is 0 Å². The first-order valence-corrected chi connectivity index (χ1v) is 7.03. The quantitative estimate of drug-likeness (QED) is 0.856. The molecule has 1 nitrogen and oxygen atoms in total. The fraction of sp³-hybridized carbons (Fsp3) is 0.333. The molecule has 0 bridgehead atoms. The maximum Gasteiger partial charge on any atom is 0.0348 e. The molecule has 0 radical (unpaired) electrons. The third-order valence-electron chi connectivity index (χ3n) is 3.18. The smallest absolute Gasteiger partial charge is 0.0348 e. The zero-order valence-corrected chi connectivity index (χ0v) is 10.9. The SMILES string of the molecule is Cc1ccc(-c2ccccc2CNC2CC2)s1. The second-order valence-corrected chi connectivity index (χ2v) is 6.01. The van der Waals surface area contributed by atoms with E-state index in [4.69, 9.17) is 0 Å². The van der Waals surface area contributed by atoms with Crippen molar-refractivity contribution in [2.75, 3.05) is 0 Å². The van der Waals surface area contributed by atoms with E-state index in [2.05, 4.69) is 48.6 Å². The summed E-state index contributed by atoms with van der Waals surface area (Å²) < 4.78 is 0. The number of hydrogen-bond acceptors (Lipinski definition) is 2. The van der Waals surface area contributed by atoms with Gasteiger partial charge in [0, 0.05) is 22.3 Å². The van der Waals surface area contributed by atoms with E-state index < -0.39 is 0 Å². The van der Waals surface area contributed by atoms with Crippen LogP contribution < -0.4 is 5.32 Å². The van der Waals surface area contributed by atoms with Crippen LogP contribution in [0.1, 0.15) is 23.3 Å². The van der Waals surface area contributed by atoms with Crippen molar-refractivity contribution in [3.8, 4) is 10.4 Å². The molecule has 1 aliphatic carbocycles. The topological polar surface area (TPSA) is 12.0 Å². The third kappa shape index (κ3) is 2.59. The lowest BCUT2D eigenvalue weighted by Crippen LogP contribution is -2.15. The molecule has 1 heterocycles. The molecule has 1 aromatic heterocycles. The van der Waals surface area contributed by atoms with Crippen LogP contribution in [0.5, 0.6) is 0 Å². The Bertz CT molecular complexity index is 511. The molecule has 88 valence electrons. The number of benzene rings is 1. The molecule has 1 saturated carbocycles. The van der Waals surface area contributed by atoms with Gasteiger partial charge in [0.15, 0.2) is 0 Å². The summed E-state index contributed by atoms with van der Waals surface area (Å²) in [7, 11) is 0. The first-order chi connectivity index (χ1) is 8.33. The Labute approximate surface area is 106 Å². The Hall–Kier alpha value is -1.12. The van der Waals surface area contributed by atoms with E-state index in [1.807, 2.05) is 11.3 Å². The normalized spacial score (nSPS) is 15.1. The highest BCUT2D eigenvalue weighted by atomic mass is 32.1. The van der Waals surface area contributed by atoms with Crippen molar-refractivity contribution in [1.29, 1.82) is 0 Å². The summed E-state index contributed by atoms with van der Waals surface area (Å²) in [5.41, 5.74) is 2.81. The first-order valence-electron chi connectivity index (χ1n) is 6.21. The minimum Gasteiger partial charge on any atom is -0.310 e. The van der Waals surface area contributed by atoms with Crippen LogP contribution in [0.15, 0.2) is 36.4 Å². The van der Waals surface area contributed by atoms with E-state index in [0.29, 0.717) is 0 Å². The fourth-order valence-electron chi connectivity index (χ4n) is 2.04. The van der Waals surface area contributed by atoms with Crippen LogP contribution in [0.4, 0.5) is 0 Å². The molecule has 1 fully saturated rings. The summed E-state index contributed by atoms with van der Waals surface area (Å²) >= 11 is 1.88. The highest BCUT2D eigenvalue weighted by Crippen LogP contribution is 2.30. The van der Waals surface area contributed by atoms with Gasteiger partial charge in [-0.2, -0.15) is 0 Å². The number of nitrogens with one attached hydrogen (secondary N) is 1. The van der Waals surface area contributed by atoms with Crippen molar-refractivity contribution in [2.24, 2.45) is 0 Å². The lowest BCUT2D eigenvalue weighted by molar-refractivity contribution is 0.689. The molecular formula is C15H17NS. The van der Waals surface area contributed by atoms with Crippen LogP contribution in [-0.4, -0.2) is 6.04 Å². The molecule has 17 heavy (non-hydrogen) atoms. The lowest BCUT2D eigenvalue weighted by atomic mass is 10.1. The van der Waals surface area contributed by atoms with Crippen molar-refractivity contribution in [1.82, 2.24) is 5.32 Å². The van der Waals surface area contributed by atoms with Gasteiger partial charge in [-0.1, -0.05) is 24.3 Å². The summed E-state index contributed by atoms with van der Waals surface area (Å²) in [6.07, 6.45) is 2.69. The monoisotopic (exact) mass is 243 g/mol. The van der Waals surface area contributed by atoms with Gasteiger partial charge in [-0.15, -0.1) is 11.3 Å². The molecule has 1 aliphatic rings. The maximum absolute atomic E-state index is 3.59. The maximum atomic E-state index is 3.59. The minimum atomic E-state index is 0.771. The number of rotatable bonds is 4. The summed E-state index contributed by atoms with van der Waals surface area (Å²) in [5, 5.41) is 3.59. The predicted molar refractivity (Wildman–Crippen MR) is 74.4 cm³/mol. The summed E-state index contributed by atoms with van der Waals surface area (Å²) in [4.78, 5) is 2.76. The molecule has 3 rings (SSSR count). The highest BCUT2D eigenvalue weighted by Gasteiger charge is 2.20. The lowest BCUT2D eigenvalue weighted by Gasteiger charge is -2.08. The first kappa shape index (κ1) is 11.0. The van der Waals surface area contributed by atoms with Crippen molar-refractivity contribution >= 4 is 11.3 Å². The Kier molecular flexibility index (Phi) is 3.00. The average molecular weight is 243 g/mol. The molecule has 1 N–H and O–H groups in total. The van der Waals surface area contributed by atoms with Gasteiger partial charge in [0.1, 0.15) is 0 Å². The fourth-order valence-corrected chi connectivity index (χ4v) is 2.96. The van der Waals surface area contributed by atoms with Gasteiger partial charge in [-0.05, 0) is 43.0 Å². The Morgan fingerprint density at radius 1 is 1.18 bits per heavy atom. The van der Waals surface area contributed by atoms with Crippen LogP contribution in [0.3, 0.4) is 0 Å². The second-order valence-electron chi connectivity index (χ2n) is 4.72. The summed E-state index contributed by atoms with van der Waals surface area (Å²) in [6.45, 7) is 3.16. The van der Waals surface area contributed by atoms with Crippen LogP contribution in [0, 0.1) is 6.92 Å². The number of thiophene rings is 1. The zero-order chi connectivity index (χ0) is 11.7. The largest absolute Gasteiger partial charge is 0.310 e. The van der Waals surface area contributed by atoms with Gasteiger partial charge in [-0.25, -0.2) is 0 Å². The molecule has 1 aromatic carbocycles. The molecule has 0 atom stereocenters. The summed E-state index contributed by atoms with van der Waals surface area (Å²) in [5.74, 6) is 0. The van der Waals surface area contributed by atoms with Crippen molar-refractivity contribution in [2.45, 2.75) is 32.4 Å². The van der Waals surface area contributed by atoms with Gasteiger partial charge in [0.05, 0.1) is 0 Å². The number of aryl methyl sites for hydroxylation is 1. The van der Waals surface area contributed by atoms with Crippen LogP contribution >= 0.6 is 11.3 Å². The second kappa shape index (κ2) is 4.63. The third-order valence-corrected chi connectivity index (χ3v) is 4.22. The molecule has 0 unspecified atom stereocenters. The van der Waals surface area contributed by atoms with Crippen LogP contribution in [-0.2, 0) is 6.54 Å². The van der Waals surface area contributed by atoms with Crippen molar-refractivity contribution < 1.29 is 0 Å². The highest BCUT2D eigenvalue weighted by molar-refractivity contribution is 7.15. The molecule has 0 saturated heterocycles. The van der Waals surface area contributed by atoms with E-state index >= 15 is 0 Å². The molecule has 2 heteroatoms. The average Bonchev–Trinajstić information content (AvgIpc) is 3.08. The van der Waals surface area contributed by atoms with Gasteiger partial charge in [0.2, 0.25) is 0 Å². The molecule has 0 spiro atoms. The van der Waals surface area contributed by atoms with Gasteiger partial charge in [-0.3, -0.25) is 0 Å². The van der Waals surface area contributed by atoms with Crippen molar-refractivity contribution in [3.05, 3.63) is 46.8 Å². The number of hydrogen-bond donors (Lipinski definition) is 1. The standard InChI is InChI=1S/C15H17NS/c1-11-6-9-15(17-11)14-5-3-2-4-12(14)10-16-13-7-8-13/h2-6,9,13,16H,7-8,10H2,1H3. The van der Waals surface area contributed by atoms with E-state index in [1.54, 1.807) is 0 Å². The molecular weight excluding hydrogens is 226 g/mol. The Balaban J connectivity index is 1.86. The van der Waals surface area contributed by atoms with Gasteiger partial charge < -0.3 is 5.32 Å². The van der Waals surface area contributed by atoms with E-state index in [9.17, 15) is 0 Å². The minimum absolute atomic E-state index is 0.771. The van der Waals surface area contributed by atoms with E-state index in [0.717, 1.165) is 12.6 Å². The molecule has 2 aromatic rings. The van der Waals surface area contributed by atoms with E-state index in [1.165, 1.54) is 33.7 Å². The zero-order valence-electron chi connectivity index (χ0n) is 10.1.